The first-order valence-corrected chi connectivity index (χ1v) is 8.10. The Morgan fingerprint density at radius 2 is 1.76 bits per heavy atom. The van der Waals surface area contributed by atoms with Gasteiger partial charge < -0.3 is 0 Å². The number of hydrogen-bond acceptors (Lipinski definition) is 3. The number of halogens is 2. The molecule has 1 N–H and O–H groups in total. The van der Waals surface area contributed by atoms with Crippen LogP contribution < -0.4 is 4.72 Å². The highest BCUT2D eigenvalue weighted by Gasteiger charge is 2.15. The molecular formula is C14H10Cl2N2O2S. The van der Waals surface area contributed by atoms with Crippen molar-refractivity contribution < 1.29 is 8.42 Å². The van der Waals surface area contributed by atoms with Crippen molar-refractivity contribution in [2.75, 3.05) is 4.72 Å². The van der Waals surface area contributed by atoms with Crippen LogP contribution in [0.15, 0.2) is 47.4 Å². The highest BCUT2D eigenvalue weighted by molar-refractivity contribution is 7.92. The molecule has 0 unspecified atom stereocenters. The minimum absolute atomic E-state index is 0.0928. The Morgan fingerprint density at radius 1 is 1.10 bits per heavy atom. The van der Waals surface area contributed by atoms with E-state index in [2.05, 4.69) is 4.72 Å². The Hall–Kier alpha value is -1.74. The molecule has 0 saturated carbocycles. The van der Waals surface area contributed by atoms with Crippen LogP contribution in [-0.4, -0.2) is 8.42 Å². The highest BCUT2D eigenvalue weighted by atomic mass is 35.5. The third-order valence-electron chi connectivity index (χ3n) is 2.69. The van der Waals surface area contributed by atoms with Gasteiger partial charge in [0.2, 0.25) is 0 Å². The van der Waals surface area contributed by atoms with Crippen LogP contribution in [0.5, 0.6) is 0 Å². The van der Waals surface area contributed by atoms with E-state index in [1.165, 1.54) is 24.3 Å². The Kier molecular flexibility index (Phi) is 4.73. The number of hydrogen-bond donors (Lipinski definition) is 1. The molecule has 0 fully saturated rings. The molecule has 2 aromatic carbocycles. The molecule has 4 nitrogen and oxygen atoms in total. The van der Waals surface area contributed by atoms with Crippen molar-refractivity contribution in [3.63, 3.8) is 0 Å². The Bertz CT molecular complexity index is 797. The fourth-order valence-corrected chi connectivity index (χ4v) is 3.25. The second-order valence-corrected chi connectivity index (χ2v) is 6.73. The SMILES string of the molecule is N#CCc1ccc(S(=O)(=O)Nc2ccc(Cl)cc2Cl)cc1. The van der Waals surface area contributed by atoms with Gasteiger partial charge in [-0.15, -0.1) is 0 Å². The van der Waals surface area contributed by atoms with Crippen molar-refractivity contribution in [2.24, 2.45) is 0 Å². The molecule has 0 atom stereocenters. The highest BCUT2D eigenvalue weighted by Crippen LogP contribution is 2.27. The molecule has 2 aromatic rings. The maximum absolute atomic E-state index is 12.2. The van der Waals surface area contributed by atoms with E-state index >= 15 is 0 Å². The Morgan fingerprint density at radius 3 is 2.33 bits per heavy atom. The molecule has 0 amide bonds. The summed E-state index contributed by atoms with van der Waals surface area (Å²) in [6.07, 6.45) is 0.233. The lowest BCUT2D eigenvalue weighted by Crippen LogP contribution is -2.13. The normalized spacial score (nSPS) is 10.9. The van der Waals surface area contributed by atoms with Crippen LogP contribution in [0.2, 0.25) is 10.0 Å². The van der Waals surface area contributed by atoms with Crippen molar-refractivity contribution >= 4 is 38.9 Å². The summed E-state index contributed by atoms with van der Waals surface area (Å²) in [7, 11) is -3.74. The molecule has 21 heavy (non-hydrogen) atoms. The molecule has 0 aliphatic heterocycles. The molecule has 0 aliphatic rings. The second kappa shape index (κ2) is 6.35. The summed E-state index contributed by atoms with van der Waals surface area (Å²) in [6, 6.07) is 12.6. The molecule has 108 valence electrons. The topological polar surface area (TPSA) is 70.0 Å². The molecule has 0 bridgehead atoms. The molecule has 0 aliphatic carbocycles. The first kappa shape index (κ1) is 15.6. The summed E-state index contributed by atoms with van der Waals surface area (Å²) in [6.45, 7) is 0. The predicted octanol–water partition coefficient (Wildman–Crippen LogP) is 3.86. The van der Waals surface area contributed by atoms with Gasteiger partial charge in [-0.05, 0) is 35.9 Å². The zero-order valence-corrected chi connectivity index (χ0v) is 13.0. The van der Waals surface area contributed by atoms with Gasteiger partial charge in [0.15, 0.2) is 0 Å². The number of nitriles is 1. The zero-order valence-electron chi connectivity index (χ0n) is 10.7. The van der Waals surface area contributed by atoms with Gasteiger partial charge >= 0.3 is 0 Å². The van der Waals surface area contributed by atoms with E-state index < -0.39 is 10.0 Å². The maximum Gasteiger partial charge on any atom is 0.261 e. The fraction of sp³-hybridized carbons (Fsp3) is 0.0714. The van der Waals surface area contributed by atoms with E-state index in [0.29, 0.717) is 5.02 Å². The van der Waals surface area contributed by atoms with Crippen LogP contribution in [0.25, 0.3) is 0 Å². The third-order valence-corrected chi connectivity index (χ3v) is 4.62. The number of anilines is 1. The fourth-order valence-electron chi connectivity index (χ4n) is 1.65. The van der Waals surface area contributed by atoms with Gasteiger partial charge in [0.1, 0.15) is 0 Å². The molecule has 7 heteroatoms. The van der Waals surface area contributed by atoms with Crippen molar-refractivity contribution in [3.05, 3.63) is 58.1 Å². The number of nitrogens with one attached hydrogen (secondary N) is 1. The molecule has 0 radical (unpaired) electrons. The number of nitrogens with zero attached hydrogens (tertiary/aromatic N) is 1. The van der Waals surface area contributed by atoms with Gasteiger partial charge in [-0.1, -0.05) is 35.3 Å². The van der Waals surface area contributed by atoms with Gasteiger partial charge in [0, 0.05) is 5.02 Å². The van der Waals surface area contributed by atoms with Crippen molar-refractivity contribution in [2.45, 2.75) is 11.3 Å². The Labute approximate surface area is 133 Å². The lowest BCUT2D eigenvalue weighted by molar-refractivity contribution is 0.601. The zero-order chi connectivity index (χ0) is 15.5. The standard InChI is InChI=1S/C14H10Cl2N2O2S/c15-11-3-6-14(13(16)9-11)18-21(19,20)12-4-1-10(2-5-12)7-8-17/h1-6,9,18H,7H2. The first-order chi connectivity index (χ1) is 9.92. The van der Waals surface area contributed by atoms with E-state index in [9.17, 15) is 8.42 Å². The smallest absolute Gasteiger partial charge is 0.261 e. The number of sulfonamides is 1. The number of rotatable bonds is 4. The monoisotopic (exact) mass is 340 g/mol. The van der Waals surface area contributed by atoms with Gasteiger partial charge in [-0.3, -0.25) is 4.72 Å². The summed E-state index contributed by atoms with van der Waals surface area (Å²) in [5, 5.41) is 9.23. The van der Waals surface area contributed by atoms with E-state index in [-0.39, 0.29) is 22.0 Å². The molecule has 0 saturated heterocycles. The average molecular weight is 341 g/mol. The Balaban J connectivity index is 2.27. The van der Waals surface area contributed by atoms with Gasteiger partial charge in [-0.2, -0.15) is 5.26 Å². The van der Waals surface area contributed by atoms with Crippen molar-refractivity contribution in [1.29, 1.82) is 5.26 Å². The summed E-state index contributed by atoms with van der Waals surface area (Å²) in [5.74, 6) is 0. The van der Waals surface area contributed by atoms with Gasteiger partial charge in [0.25, 0.3) is 10.0 Å². The van der Waals surface area contributed by atoms with Crippen LogP contribution in [-0.2, 0) is 16.4 Å². The van der Waals surface area contributed by atoms with Crippen molar-refractivity contribution in [3.8, 4) is 6.07 Å². The van der Waals surface area contributed by atoms with E-state index in [0.717, 1.165) is 5.56 Å². The molecular weight excluding hydrogens is 331 g/mol. The third kappa shape index (κ3) is 3.88. The first-order valence-electron chi connectivity index (χ1n) is 5.86. The lowest BCUT2D eigenvalue weighted by atomic mass is 10.2. The molecule has 0 heterocycles. The van der Waals surface area contributed by atoms with Crippen molar-refractivity contribution in [1.82, 2.24) is 0 Å². The predicted molar refractivity (Wildman–Crippen MR) is 83.0 cm³/mol. The largest absolute Gasteiger partial charge is 0.278 e. The minimum Gasteiger partial charge on any atom is -0.278 e. The van der Waals surface area contributed by atoms with Crippen LogP contribution >= 0.6 is 23.2 Å². The molecule has 0 spiro atoms. The average Bonchev–Trinajstić information content (AvgIpc) is 2.43. The minimum atomic E-state index is -3.74. The van der Waals surface area contributed by atoms with Crippen LogP contribution in [0.3, 0.4) is 0 Å². The van der Waals surface area contributed by atoms with E-state index in [1.807, 2.05) is 6.07 Å². The van der Waals surface area contributed by atoms with E-state index in [4.69, 9.17) is 28.5 Å². The summed E-state index contributed by atoms with van der Waals surface area (Å²) < 4.78 is 26.9. The van der Waals surface area contributed by atoms with E-state index in [1.54, 1.807) is 18.2 Å². The molecule has 2 rings (SSSR count). The molecule has 0 aromatic heterocycles. The summed E-state index contributed by atoms with van der Waals surface area (Å²) in [4.78, 5) is 0.0928. The van der Waals surface area contributed by atoms with Gasteiger partial charge in [-0.25, -0.2) is 8.42 Å². The maximum atomic E-state index is 12.2. The van der Waals surface area contributed by atoms with Crippen LogP contribution in [0, 0.1) is 11.3 Å². The number of benzene rings is 2. The lowest BCUT2D eigenvalue weighted by Gasteiger charge is -2.10. The second-order valence-electron chi connectivity index (χ2n) is 4.21. The quantitative estimate of drug-likeness (QED) is 0.918. The van der Waals surface area contributed by atoms with Gasteiger partial charge in [0.05, 0.1) is 28.1 Å². The van der Waals surface area contributed by atoms with Crippen LogP contribution in [0.1, 0.15) is 5.56 Å². The summed E-state index contributed by atoms with van der Waals surface area (Å²) in [5.41, 5.74) is 1.00. The van der Waals surface area contributed by atoms with Crippen LogP contribution in [0.4, 0.5) is 5.69 Å². The summed E-state index contributed by atoms with van der Waals surface area (Å²) >= 11 is 11.7.